The van der Waals surface area contributed by atoms with Crippen molar-refractivity contribution in [2.24, 2.45) is 0 Å². The van der Waals surface area contributed by atoms with Gasteiger partial charge in [0, 0.05) is 57.9 Å². The van der Waals surface area contributed by atoms with Crippen molar-refractivity contribution in [3.63, 3.8) is 0 Å². The maximum atomic E-state index is 13.4. The lowest BCUT2D eigenvalue weighted by molar-refractivity contribution is -0.141. The fraction of sp³-hybridized carbons (Fsp3) is 0.750. The molecule has 3 aliphatic heterocycles. The predicted molar refractivity (Wildman–Crippen MR) is 109 cm³/mol. The van der Waals surface area contributed by atoms with Crippen LogP contribution in [0.15, 0.2) is 6.07 Å². The Bertz CT molecular complexity index is 779. The summed E-state index contributed by atoms with van der Waals surface area (Å²) in [5, 5.41) is 3.21. The minimum atomic E-state index is -4.52. The van der Waals surface area contributed by atoms with E-state index in [-0.39, 0.29) is 30.6 Å². The molecule has 0 aliphatic carbocycles. The second-order valence-electron chi connectivity index (χ2n) is 8.37. The van der Waals surface area contributed by atoms with Gasteiger partial charge in [-0.2, -0.15) is 18.2 Å². The summed E-state index contributed by atoms with van der Waals surface area (Å²) in [5.41, 5.74) is -0.911. The highest BCUT2D eigenvalue weighted by atomic mass is 19.4. The maximum absolute atomic E-state index is 13.4. The van der Waals surface area contributed by atoms with Crippen molar-refractivity contribution in [3.8, 4) is 0 Å². The molecule has 3 saturated heterocycles. The molecule has 3 fully saturated rings. The van der Waals surface area contributed by atoms with Crippen LogP contribution in [0.5, 0.6) is 0 Å². The number of hydrogen-bond acceptors (Lipinski definition) is 7. The van der Waals surface area contributed by atoms with Gasteiger partial charge in [0.2, 0.25) is 11.9 Å². The van der Waals surface area contributed by atoms with Gasteiger partial charge in [0.15, 0.2) is 5.69 Å². The Morgan fingerprint density at radius 2 is 1.84 bits per heavy atom. The van der Waals surface area contributed by atoms with Gasteiger partial charge in [-0.3, -0.25) is 4.79 Å². The monoisotopic (exact) mass is 442 g/mol. The molecule has 1 amide bonds. The number of ether oxygens (including phenoxy) is 1. The van der Waals surface area contributed by atoms with E-state index < -0.39 is 11.9 Å². The van der Waals surface area contributed by atoms with Crippen molar-refractivity contribution in [1.29, 1.82) is 0 Å². The summed E-state index contributed by atoms with van der Waals surface area (Å²) in [4.78, 5) is 25.9. The normalized spacial score (nSPS) is 23.1. The number of rotatable bonds is 5. The SMILES string of the molecule is CC1CCN1c1nc(N2CCC(OCC(=O)N3CCNCC3)CC2)cc(C(F)(F)F)n1. The Labute approximate surface area is 179 Å². The lowest BCUT2D eigenvalue weighted by atomic mass is 10.1. The zero-order chi connectivity index (χ0) is 22.0. The number of carbonyl (C=O) groups excluding carboxylic acids is 1. The molecular formula is C20H29F3N6O2. The first-order valence-corrected chi connectivity index (χ1v) is 10.9. The van der Waals surface area contributed by atoms with E-state index in [4.69, 9.17) is 4.74 Å². The van der Waals surface area contributed by atoms with E-state index in [1.54, 1.807) is 9.80 Å². The number of nitrogens with one attached hydrogen (secondary N) is 1. The lowest BCUT2D eigenvalue weighted by Crippen LogP contribution is -2.48. The van der Waals surface area contributed by atoms with Crippen LogP contribution in [0.1, 0.15) is 31.9 Å². The summed E-state index contributed by atoms with van der Waals surface area (Å²) < 4.78 is 46.0. The molecule has 31 heavy (non-hydrogen) atoms. The zero-order valence-corrected chi connectivity index (χ0v) is 17.7. The number of piperazine rings is 1. The highest BCUT2D eigenvalue weighted by Gasteiger charge is 2.36. The van der Waals surface area contributed by atoms with Gasteiger partial charge in [0.1, 0.15) is 12.4 Å². The topological polar surface area (TPSA) is 73.8 Å². The minimum Gasteiger partial charge on any atom is -0.368 e. The van der Waals surface area contributed by atoms with Crippen molar-refractivity contribution in [2.75, 3.05) is 62.2 Å². The van der Waals surface area contributed by atoms with E-state index in [9.17, 15) is 18.0 Å². The molecule has 4 heterocycles. The van der Waals surface area contributed by atoms with Crippen LogP contribution in [0.2, 0.25) is 0 Å². The third kappa shape index (κ3) is 5.20. The molecule has 0 saturated carbocycles. The summed E-state index contributed by atoms with van der Waals surface area (Å²) in [7, 11) is 0. The van der Waals surface area contributed by atoms with E-state index in [2.05, 4.69) is 15.3 Å². The molecule has 1 N–H and O–H groups in total. The van der Waals surface area contributed by atoms with Gasteiger partial charge in [-0.1, -0.05) is 0 Å². The molecule has 1 aromatic heterocycles. The Balaban J connectivity index is 1.35. The van der Waals surface area contributed by atoms with Gasteiger partial charge in [-0.15, -0.1) is 0 Å². The van der Waals surface area contributed by atoms with Crippen molar-refractivity contribution in [3.05, 3.63) is 11.8 Å². The zero-order valence-electron chi connectivity index (χ0n) is 17.7. The van der Waals surface area contributed by atoms with Crippen molar-refractivity contribution >= 4 is 17.7 Å². The molecule has 11 heteroatoms. The van der Waals surface area contributed by atoms with E-state index in [1.807, 2.05) is 11.8 Å². The summed E-state index contributed by atoms with van der Waals surface area (Å²) in [6.07, 6.45) is -2.41. The van der Waals surface area contributed by atoms with Crippen LogP contribution >= 0.6 is 0 Å². The van der Waals surface area contributed by atoms with Gasteiger partial charge in [-0.25, -0.2) is 4.98 Å². The average molecular weight is 442 g/mol. The third-order valence-corrected chi connectivity index (χ3v) is 6.25. The Morgan fingerprint density at radius 1 is 1.13 bits per heavy atom. The fourth-order valence-corrected chi connectivity index (χ4v) is 4.12. The molecule has 0 bridgehead atoms. The van der Waals surface area contributed by atoms with Gasteiger partial charge in [0.25, 0.3) is 0 Å². The molecule has 1 atom stereocenters. The quantitative estimate of drug-likeness (QED) is 0.741. The first-order chi connectivity index (χ1) is 14.8. The van der Waals surface area contributed by atoms with Crippen LogP contribution in [0.3, 0.4) is 0 Å². The molecule has 172 valence electrons. The number of aromatic nitrogens is 2. The average Bonchev–Trinajstić information content (AvgIpc) is 2.76. The second-order valence-corrected chi connectivity index (χ2v) is 8.37. The predicted octanol–water partition coefficient (Wildman–Crippen LogP) is 1.51. The molecule has 8 nitrogen and oxygen atoms in total. The van der Waals surface area contributed by atoms with E-state index in [0.717, 1.165) is 25.6 Å². The van der Waals surface area contributed by atoms with Crippen molar-refractivity contribution < 1.29 is 22.7 Å². The van der Waals surface area contributed by atoms with Gasteiger partial charge >= 0.3 is 6.18 Å². The number of nitrogens with zero attached hydrogens (tertiary/aromatic N) is 5. The van der Waals surface area contributed by atoms with E-state index in [0.29, 0.717) is 51.4 Å². The highest BCUT2D eigenvalue weighted by molar-refractivity contribution is 5.77. The van der Waals surface area contributed by atoms with Crippen molar-refractivity contribution in [2.45, 2.75) is 44.5 Å². The first-order valence-electron chi connectivity index (χ1n) is 10.9. The van der Waals surface area contributed by atoms with Crippen LogP contribution in [0, 0.1) is 0 Å². The highest BCUT2D eigenvalue weighted by Crippen LogP contribution is 2.34. The summed E-state index contributed by atoms with van der Waals surface area (Å²) in [6.45, 7) is 6.68. The molecule has 0 spiro atoms. The summed E-state index contributed by atoms with van der Waals surface area (Å²) in [6, 6.07) is 1.17. The van der Waals surface area contributed by atoms with E-state index in [1.165, 1.54) is 0 Å². The molecular weight excluding hydrogens is 413 g/mol. The Hall–Kier alpha value is -2.14. The second kappa shape index (κ2) is 9.15. The Morgan fingerprint density at radius 3 is 2.42 bits per heavy atom. The van der Waals surface area contributed by atoms with Crippen LogP contribution in [0.4, 0.5) is 24.9 Å². The summed E-state index contributed by atoms with van der Waals surface area (Å²) in [5.74, 6) is 0.429. The first kappa shape index (κ1) is 22.1. The molecule has 4 rings (SSSR count). The smallest absolute Gasteiger partial charge is 0.368 e. The van der Waals surface area contributed by atoms with Gasteiger partial charge < -0.3 is 24.8 Å². The lowest BCUT2D eigenvalue weighted by Gasteiger charge is -2.39. The maximum Gasteiger partial charge on any atom is 0.433 e. The number of piperidine rings is 1. The number of halogens is 3. The third-order valence-electron chi connectivity index (χ3n) is 6.25. The molecule has 3 aliphatic rings. The number of carbonyl (C=O) groups is 1. The Kier molecular flexibility index (Phi) is 6.52. The summed E-state index contributed by atoms with van der Waals surface area (Å²) >= 11 is 0. The van der Waals surface area contributed by atoms with Crippen LogP contribution in [-0.4, -0.2) is 85.3 Å². The van der Waals surface area contributed by atoms with Crippen molar-refractivity contribution in [1.82, 2.24) is 20.2 Å². The molecule has 0 aromatic carbocycles. The standard InChI is InChI=1S/C20H29F3N6O2/c1-14-2-9-29(14)19-25-16(20(21,22)23)12-17(26-19)27-7-3-15(4-8-27)31-13-18(30)28-10-5-24-6-11-28/h12,14-15,24H,2-11,13H2,1H3. The molecule has 1 aromatic rings. The van der Waals surface area contributed by atoms with Gasteiger partial charge in [-0.05, 0) is 26.2 Å². The number of amides is 1. The minimum absolute atomic E-state index is 0.0112. The van der Waals surface area contributed by atoms with E-state index >= 15 is 0 Å². The van der Waals surface area contributed by atoms with Crippen LogP contribution in [0.25, 0.3) is 0 Å². The molecule has 0 radical (unpaired) electrons. The fourth-order valence-electron chi connectivity index (χ4n) is 4.12. The largest absolute Gasteiger partial charge is 0.433 e. The number of alkyl halides is 3. The van der Waals surface area contributed by atoms with Gasteiger partial charge in [0.05, 0.1) is 6.10 Å². The number of anilines is 2. The number of hydrogen-bond donors (Lipinski definition) is 1. The molecule has 1 unspecified atom stereocenters. The van der Waals surface area contributed by atoms with Crippen LogP contribution < -0.4 is 15.1 Å². The van der Waals surface area contributed by atoms with Crippen LogP contribution in [-0.2, 0) is 15.7 Å².